The lowest BCUT2D eigenvalue weighted by molar-refractivity contribution is 0.185. The summed E-state index contributed by atoms with van der Waals surface area (Å²) in [6, 6.07) is 10.2. The van der Waals surface area contributed by atoms with Gasteiger partial charge >= 0.3 is 0 Å². The monoisotopic (exact) mass is 347 g/mol. The zero-order valence-corrected chi connectivity index (χ0v) is 15.1. The van der Waals surface area contributed by atoms with Crippen LogP contribution in [0.5, 0.6) is 0 Å². The van der Waals surface area contributed by atoms with Crippen molar-refractivity contribution in [1.29, 1.82) is 0 Å². The summed E-state index contributed by atoms with van der Waals surface area (Å²) in [5, 5.41) is 18.4. The second kappa shape index (κ2) is 6.46. The first-order chi connectivity index (χ1) is 12.5. The number of aromatic nitrogens is 5. The molecule has 3 aromatic heterocycles. The third-order valence-electron chi connectivity index (χ3n) is 4.65. The summed E-state index contributed by atoms with van der Waals surface area (Å²) in [5.74, 6) is 0.769. The predicted octanol–water partition coefficient (Wildman–Crippen LogP) is 3.27. The van der Waals surface area contributed by atoms with Gasteiger partial charge in [0.25, 0.3) is 0 Å². The van der Waals surface area contributed by atoms with Crippen LogP contribution in [0.4, 0.5) is 0 Å². The van der Waals surface area contributed by atoms with Gasteiger partial charge in [-0.2, -0.15) is 0 Å². The Kier molecular flexibility index (Phi) is 4.12. The summed E-state index contributed by atoms with van der Waals surface area (Å²) in [6.07, 6.45) is 3.00. The van der Waals surface area contributed by atoms with Crippen molar-refractivity contribution >= 4 is 16.8 Å². The molecule has 0 spiro atoms. The van der Waals surface area contributed by atoms with Crippen molar-refractivity contribution in [2.24, 2.45) is 0 Å². The van der Waals surface area contributed by atoms with Gasteiger partial charge in [-0.3, -0.25) is 4.40 Å². The minimum Gasteiger partial charge on any atom is -0.393 e. The Balaban J connectivity index is 1.93. The summed E-state index contributed by atoms with van der Waals surface area (Å²) >= 11 is 0. The minimum absolute atomic E-state index is 0.310. The molecular weight excluding hydrogens is 326 g/mol. The normalized spacial score (nSPS) is 12.8. The largest absolute Gasteiger partial charge is 0.393 e. The molecule has 6 nitrogen and oxygen atoms in total. The smallest absolute Gasteiger partial charge is 0.184 e. The molecule has 0 saturated heterocycles. The number of hydrogen-bond donors (Lipinski definition) is 1. The third-order valence-corrected chi connectivity index (χ3v) is 4.65. The van der Waals surface area contributed by atoms with Crippen molar-refractivity contribution in [3.8, 4) is 11.4 Å². The number of fused-ring (bicyclic) bond motifs is 3. The number of hydrogen-bond acceptors (Lipinski definition) is 5. The number of aryl methyl sites for hydroxylation is 3. The highest BCUT2D eigenvalue weighted by atomic mass is 16.3. The third kappa shape index (κ3) is 2.82. The summed E-state index contributed by atoms with van der Waals surface area (Å²) in [5.41, 5.74) is 6.44. The molecule has 0 bridgehead atoms. The van der Waals surface area contributed by atoms with Gasteiger partial charge in [-0.15, -0.1) is 10.2 Å². The zero-order chi connectivity index (χ0) is 18.3. The lowest BCUT2D eigenvalue weighted by Gasteiger charge is -2.10. The molecular formula is C20H21N5O. The molecule has 26 heavy (non-hydrogen) atoms. The summed E-state index contributed by atoms with van der Waals surface area (Å²) in [4.78, 5) is 9.09. The first kappa shape index (κ1) is 16.6. The zero-order valence-electron chi connectivity index (χ0n) is 15.1. The molecule has 4 aromatic rings. The molecule has 0 saturated carbocycles. The quantitative estimate of drug-likeness (QED) is 0.613. The SMILES string of the molecule is Cc1ccc(CCC(C)O)cc1-c1nnc2c(C)nc3cccnc3n12. The Morgan fingerprint density at radius 2 is 1.96 bits per heavy atom. The molecule has 0 fully saturated rings. The van der Waals surface area contributed by atoms with E-state index in [4.69, 9.17) is 0 Å². The van der Waals surface area contributed by atoms with Crippen LogP contribution in [0.15, 0.2) is 36.5 Å². The lowest BCUT2D eigenvalue weighted by Crippen LogP contribution is -2.02. The molecule has 0 aliphatic carbocycles. The molecule has 3 heterocycles. The molecule has 4 rings (SSSR count). The number of aliphatic hydroxyl groups is 1. The van der Waals surface area contributed by atoms with Crippen molar-refractivity contribution in [1.82, 2.24) is 24.6 Å². The fourth-order valence-electron chi connectivity index (χ4n) is 3.21. The first-order valence-corrected chi connectivity index (χ1v) is 8.79. The van der Waals surface area contributed by atoms with E-state index in [2.05, 4.69) is 45.3 Å². The van der Waals surface area contributed by atoms with Gasteiger partial charge in [0.1, 0.15) is 5.52 Å². The average Bonchev–Trinajstić information content (AvgIpc) is 3.07. The Morgan fingerprint density at radius 3 is 2.77 bits per heavy atom. The van der Waals surface area contributed by atoms with Crippen LogP contribution in [0.1, 0.15) is 30.2 Å². The maximum absolute atomic E-state index is 9.57. The topological polar surface area (TPSA) is 76.2 Å². The van der Waals surface area contributed by atoms with Crippen LogP contribution in [0, 0.1) is 13.8 Å². The molecule has 1 atom stereocenters. The Hall–Kier alpha value is -2.86. The number of pyridine rings is 1. The highest BCUT2D eigenvalue weighted by Crippen LogP contribution is 2.27. The van der Waals surface area contributed by atoms with Gasteiger partial charge in [0.05, 0.1) is 11.8 Å². The van der Waals surface area contributed by atoms with Crippen molar-refractivity contribution in [2.45, 2.75) is 39.7 Å². The Labute approximate surface area is 151 Å². The molecule has 1 unspecified atom stereocenters. The van der Waals surface area contributed by atoms with Crippen molar-refractivity contribution in [2.75, 3.05) is 0 Å². The van der Waals surface area contributed by atoms with E-state index in [1.807, 2.05) is 30.4 Å². The van der Waals surface area contributed by atoms with Crippen LogP contribution in [0.3, 0.4) is 0 Å². The first-order valence-electron chi connectivity index (χ1n) is 8.79. The molecule has 132 valence electrons. The summed E-state index contributed by atoms with van der Waals surface area (Å²) < 4.78 is 1.98. The van der Waals surface area contributed by atoms with Crippen molar-refractivity contribution < 1.29 is 5.11 Å². The second-order valence-electron chi connectivity index (χ2n) is 6.76. The average molecular weight is 347 g/mol. The molecule has 1 aromatic carbocycles. The van der Waals surface area contributed by atoms with E-state index in [1.165, 1.54) is 5.56 Å². The van der Waals surface area contributed by atoms with E-state index in [9.17, 15) is 5.11 Å². The summed E-state index contributed by atoms with van der Waals surface area (Å²) in [6.45, 7) is 5.82. The molecule has 0 amide bonds. The predicted molar refractivity (Wildman–Crippen MR) is 101 cm³/mol. The van der Waals surface area contributed by atoms with Gasteiger partial charge < -0.3 is 5.11 Å². The number of aliphatic hydroxyl groups excluding tert-OH is 1. The lowest BCUT2D eigenvalue weighted by atomic mass is 10.0. The van der Waals surface area contributed by atoms with E-state index >= 15 is 0 Å². The van der Waals surface area contributed by atoms with Crippen LogP contribution < -0.4 is 0 Å². The fourth-order valence-corrected chi connectivity index (χ4v) is 3.21. The van der Waals surface area contributed by atoms with Crippen LogP contribution in [-0.2, 0) is 6.42 Å². The minimum atomic E-state index is -0.310. The highest BCUT2D eigenvalue weighted by molar-refractivity contribution is 5.78. The molecule has 0 aliphatic rings. The fraction of sp³-hybridized carbons (Fsp3) is 0.300. The van der Waals surface area contributed by atoms with Crippen LogP contribution in [-0.4, -0.2) is 35.8 Å². The van der Waals surface area contributed by atoms with Crippen molar-refractivity contribution in [3.63, 3.8) is 0 Å². The molecule has 0 radical (unpaired) electrons. The second-order valence-corrected chi connectivity index (χ2v) is 6.76. The number of benzene rings is 1. The van der Waals surface area contributed by atoms with Gasteiger partial charge in [-0.1, -0.05) is 12.1 Å². The summed E-state index contributed by atoms with van der Waals surface area (Å²) in [7, 11) is 0. The van der Waals surface area contributed by atoms with Gasteiger partial charge in [-0.25, -0.2) is 9.97 Å². The molecule has 0 aliphatic heterocycles. The van der Waals surface area contributed by atoms with E-state index in [0.29, 0.717) is 0 Å². The van der Waals surface area contributed by atoms with Crippen molar-refractivity contribution in [3.05, 3.63) is 53.3 Å². The van der Waals surface area contributed by atoms with Gasteiger partial charge in [0.15, 0.2) is 17.1 Å². The van der Waals surface area contributed by atoms with E-state index < -0.39 is 0 Å². The molecule has 6 heteroatoms. The van der Waals surface area contributed by atoms with Crippen LogP contribution in [0.25, 0.3) is 28.2 Å². The van der Waals surface area contributed by atoms with Gasteiger partial charge in [0, 0.05) is 11.8 Å². The van der Waals surface area contributed by atoms with Gasteiger partial charge in [-0.05, 0) is 62.9 Å². The number of rotatable bonds is 4. The Bertz CT molecular complexity index is 1100. The maximum Gasteiger partial charge on any atom is 0.184 e. The number of nitrogens with zero attached hydrogens (tertiary/aromatic N) is 5. The van der Waals surface area contributed by atoms with E-state index in [1.54, 1.807) is 6.20 Å². The van der Waals surface area contributed by atoms with E-state index in [-0.39, 0.29) is 6.10 Å². The highest BCUT2D eigenvalue weighted by Gasteiger charge is 2.17. The Morgan fingerprint density at radius 1 is 1.12 bits per heavy atom. The van der Waals surface area contributed by atoms with Crippen LogP contribution >= 0.6 is 0 Å². The molecule has 1 N–H and O–H groups in total. The van der Waals surface area contributed by atoms with Crippen LogP contribution in [0.2, 0.25) is 0 Å². The van der Waals surface area contributed by atoms with Gasteiger partial charge in [0.2, 0.25) is 0 Å². The standard InChI is InChI=1S/C20H21N5O/c1-12-6-8-15(9-7-13(2)26)11-16(12)19-24-23-18-14(3)22-17-5-4-10-21-20(17)25(18)19/h4-6,8,10-11,13,26H,7,9H2,1-3H3. The maximum atomic E-state index is 9.57. The van der Waals surface area contributed by atoms with E-state index in [0.717, 1.165) is 52.3 Å².